The highest BCUT2D eigenvalue weighted by molar-refractivity contribution is 7.99. The smallest absolute Gasteiger partial charge is 0.175 e. The average Bonchev–Trinajstić information content (AvgIpc) is 2.87. The van der Waals surface area contributed by atoms with Gasteiger partial charge in [-0.3, -0.25) is 0 Å². The number of rotatable bonds is 4. The van der Waals surface area contributed by atoms with Crippen molar-refractivity contribution in [3.63, 3.8) is 0 Å². The Labute approximate surface area is 134 Å². The molecule has 0 N–H and O–H groups in total. The van der Waals surface area contributed by atoms with Crippen LogP contribution in [0.2, 0.25) is 0 Å². The summed E-state index contributed by atoms with van der Waals surface area (Å²) < 4.78 is 28.3. The van der Waals surface area contributed by atoms with Crippen molar-refractivity contribution in [1.29, 1.82) is 0 Å². The van der Waals surface area contributed by atoms with Gasteiger partial charge in [0.25, 0.3) is 0 Å². The third-order valence-corrected chi connectivity index (χ3v) is 4.74. The van der Waals surface area contributed by atoms with Gasteiger partial charge in [0.05, 0.1) is 0 Å². The lowest BCUT2D eigenvalue weighted by molar-refractivity contribution is 0.506. The number of nitrogens with zero attached hydrogens (tertiary/aromatic N) is 4. The van der Waals surface area contributed by atoms with Crippen LogP contribution in [0.15, 0.2) is 39.6 Å². The molecule has 114 valence electrons. The molecule has 1 aromatic carbocycles. The van der Waals surface area contributed by atoms with E-state index in [1.165, 1.54) is 42.0 Å². The maximum absolute atomic E-state index is 13.3. The number of halogens is 2. The van der Waals surface area contributed by atoms with Crippen molar-refractivity contribution in [3.8, 4) is 0 Å². The Bertz CT molecular complexity index is 835. The zero-order chi connectivity index (χ0) is 15.7. The molecule has 3 rings (SSSR count). The van der Waals surface area contributed by atoms with Gasteiger partial charge in [0.1, 0.15) is 16.9 Å². The number of thioether (sulfide) groups is 1. The van der Waals surface area contributed by atoms with Crippen molar-refractivity contribution < 1.29 is 8.78 Å². The van der Waals surface area contributed by atoms with Crippen molar-refractivity contribution in [1.82, 2.24) is 19.5 Å². The molecule has 0 radical (unpaired) electrons. The fraction of sp³-hybridized carbons (Fsp3) is 0.214. The quantitative estimate of drug-likeness (QED) is 0.531. The van der Waals surface area contributed by atoms with Crippen LogP contribution in [0.1, 0.15) is 6.92 Å². The fourth-order valence-electron chi connectivity index (χ4n) is 2.05. The maximum Gasteiger partial charge on any atom is 0.175 e. The summed E-state index contributed by atoms with van der Waals surface area (Å²) in [6.07, 6.45) is 3.43. The second kappa shape index (κ2) is 6.21. The van der Waals surface area contributed by atoms with Crippen molar-refractivity contribution in [2.75, 3.05) is 6.26 Å². The summed E-state index contributed by atoms with van der Waals surface area (Å²) >= 11 is 2.77. The van der Waals surface area contributed by atoms with E-state index in [2.05, 4.69) is 15.0 Å². The zero-order valence-electron chi connectivity index (χ0n) is 11.9. The van der Waals surface area contributed by atoms with Gasteiger partial charge in [0.15, 0.2) is 22.4 Å². The van der Waals surface area contributed by atoms with E-state index in [9.17, 15) is 8.78 Å². The first-order chi connectivity index (χ1) is 10.6. The van der Waals surface area contributed by atoms with Crippen LogP contribution in [0.4, 0.5) is 8.78 Å². The molecular formula is C14H12F2N4S2. The molecule has 0 aliphatic heterocycles. The molecule has 0 saturated heterocycles. The Morgan fingerprint density at radius 3 is 2.68 bits per heavy atom. The Morgan fingerprint density at radius 1 is 1.18 bits per heavy atom. The summed E-state index contributed by atoms with van der Waals surface area (Å²) in [6.45, 7) is 2.66. The first-order valence-electron chi connectivity index (χ1n) is 6.52. The molecule has 0 saturated carbocycles. The van der Waals surface area contributed by atoms with Gasteiger partial charge in [-0.25, -0.2) is 23.7 Å². The van der Waals surface area contributed by atoms with E-state index >= 15 is 0 Å². The summed E-state index contributed by atoms with van der Waals surface area (Å²) in [5, 5.41) is 1.48. The number of aryl methyl sites for hydroxylation is 1. The molecule has 8 heteroatoms. The molecule has 0 unspecified atom stereocenters. The molecule has 0 amide bonds. The van der Waals surface area contributed by atoms with E-state index in [1.54, 1.807) is 0 Å². The van der Waals surface area contributed by atoms with Gasteiger partial charge in [-0.2, -0.15) is 0 Å². The number of aromatic nitrogens is 4. The summed E-state index contributed by atoms with van der Waals surface area (Å²) in [5.41, 5.74) is 1.47. The van der Waals surface area contributed by atoms with E-state index in [-0.39, 0.29) is 0 Å². The molecule has 0 spiro atoms. The number of hydrogen-bond acceptors (Lipinski definition) is 5. The lowest BCUT2D eigenvalue weighted by Crippen LogP contribution is -1.98. The molecule has 2 aromatic heterocycles. The van der Waals surface area contributed by atoms with E-state index in [1.807, 2.05) is 17.7 Å². The summed E-state index contributed by atoms with van der Waals surface area (Å²) in [7, 11) is 0. The number of benzene rings is 1. The number of imidazole rings is 1. The molecule has 0 atom stereocenters. The average molecular weight is 338 g/mol. The van der Waals surface area contributed by atoms with Crippen LogP contribution in [-0.4, -0.2) is 25.8 Å². The van der Waals surface area contributed by atoms with Crippen LogP contribution in [0, 0.1) is 11.6 Å². The topological polar surface area (TPSA) is 43.6 Å². The lowest BCUT2D eigenvalue weighted by Gasteiger charge is -2.05. The Morgan fingerprint density at radius 2 is 2.00 bits per heavy atom. The summed E-state index contributed by atoms with van der Waals surface area (Å²) in [5.74, 6) is -1.72. The standard InChI is InChI=1S/C14H12F2N4S2/c1-3-20-12-11(13(21-2)18-7-17-12)19-14(20)22-8-4-5-9(15)10(16)6-8/h4-7H,3H2,1-2H3. The summed E-state index contributed by atoms with van der Waals surface area (Å²) in [6, 6.07) is 3.81. The maximum atomic E-state index is 13.3. The lowest BCUT2D eigenvalue weighted by atomic mass is 10.3. The minimum absolute atomic E-state index is 0.586. The van der Waals surface area contributed by atoms with Crippen LogP contribution >= 0.6 is 23.5 Å². The Hall–Kier alpha value is -1.67. The third kappa shape index (κ3) is 2.68. The van der Waals surface area contributed by atoms with Gasteiger partial charge in [-0.1, -0.05) is 11.8 Å². The number of fused-ring (bicyclic) bond motifs is 1. The highest BCUT2D eigenvalue weighted by atomic mass is 32.2. The normalized spacial score (nSPS) is 11.3. The Balaban J connectivity index is 2.08. The molecule has 0 aliphatic rings. The highest BCUT2D eigenvalue weighted by Crippen LogP contribution is 2.32. The van der Waals surface area contributed by atoms with Gasteiger partial charge in [-0.05, 0) is 31.4 Å². The van der Waals surface area contributed by atoms with Crippen LogP contribution in [-0.2, 0) is 6.54 Å². The van der Waals surface area contributed by atoms with Crippen molar-refractivity contribution in [3.05, 3.63) is 36.2 Å². The molecule has 0 fully saturated rings. The molecule has 0 aliphatic carbocycles. The summed E-state index contributed by atoms with van der Waals surface area (Å²) in [4.78, 5) is 13.6. The SMILES string of the molecule is CCn1c(Sc2ccc(F)c(F)c2)nc2c(SC)ncnc21. The molecule has 22 heavy (non-hydrogen) atoms. The van der Waals surface area contributed by atoms with Crippen LogP contribution in [0.3, 0.4) is 0 Å². The second-order valence-electron chi connectivity index (χ2n) is 4.37. The van der Waals surface area contributed by atoms with Crippen molar-refractivity contribution in [2.24, 2.45) is 0 Å². The highest BCUT2D eigenvalue weighted by Gasteiger charge is 2.16. The van der Waals surface area contributed by atoms with E-state index in [0.717, 1.165) is 22.3 Å². The minimum Gasteiger partial charge on any atom is -0.304 e. The molecule has 0 bridgehead atoms. The van der Waals surface area contributed by atoms with Crippen molar-refractivity contribution >= 4 is 34.7 Å². The fourth-order valence-corrected chi connectivity index (χ4v) is 3.51. The van der Waals surface area contributed by atoms with Gasteiger partial charge < -0.3 is 4.57 Å². The minimum atomic E-state index is -0.867. The number of hydrogen-bond donors (Lipinski definition) is 0. The van der Waals surface area contributed by atoms with E-state index < -0.39 is 11.6 Å². The molecule has 4 nitrogen and oxygen atoms in total. The zero-order valence-corrected chi connectivity index (χ0v) is 13.5. The van der Waals surface area contributed by atoms with Gasteiger partial charge in [0.2, 0.25) is 0 Å². The van der Waals surface area contributed by atoms with Crippen LogP contribution in [0.25, 0.3) is 11.2 Å². The predicted molar refractivity (Wildman–Crippen MR) is 83.3 cm³/mol. The first kappa shape index (κ1) is 15.2. The first-order valence-corrected chi connectivity index (χ1v) is 8.56. The largest absolute Gasteiger partial charge is 0.304 e. The molecular weight excluding hydrogens is 326 g/mol. The monoisotopic (exact) mass is 338 g/mol. The van der Waals surface area contributed by atoms with Gasteiger partial charge in [0, 0.05) is 11.4 Å². The second-order valence-corrected chi connectivity index (χ2v) is 6.21. The third-order valence-electron chi connectivity index (χ3n) is 3.07. The van der Waals surface area contributed by atoms with Crippen LogP contribution in [0.5, 0.6) is 0 Å². The van der Waals surface area contributed by atoms with E-state index in [4.69, 9.17) is 0 Å². The van der Waals surface area contributed by atoms with Gasteiger partial charge in [-0.15, -0.1) is 11.8 Å². The van der Waals surface area contributed by atoms with Crippen molar-refractivity contribution in [2.45, 2.75) is 28.5 Å². The van der Waals surface area contributed by atoms with Gasteiger partial charge >= 0.3 is 0 Å². The van der Waals surface area contributed by atoms with Crippen LogP contribution < -0.4 is 0 Å². The Kier molecular flexibility index (Phi) is 4.30. The molecule has 2 heterocycles. The van der Waals surface area contributed by atoms with E-state index in [0.29, 0.717) is 16.6 Å². The molecule has 3 aromatic rings. The predicted octanol–water partition coefficient (Wildman–Crippen LogP) is 4.00.